The topological polar surface area (TPSA) is 20.2 Å². The quantitative estimate of drug-likeness (QED) is 0.661. The molecule has 0 heterocycles. The molecule has 0 aliphatic heterocycles. The normalized spacial score (nSPS) is 48.2. The number of alkyl halides is 1. The predicted octanol–water partition coefficient (Wildman–Crippen LogP) is 2.55. The number of aliphatic hydroxyl groups excluding tert-OH is 1. The molecule has 0 aromatic rings. The summed E-state index contributed by atoms with van der Waals surface area (Å²) >= 11 is 6.45. The first-order valence-corrected chi connectivity index (χ1v) is 5.39. The Kier molecular flexibility index (Phi) is 2.12. The zero-order chi connectivity index (χ0) is 8.77. The lowest BCUT2D eigenvalue weighted by atomic mass is 10.0. The smallest absolute Gasteiger partial charge is 0.0533 e. The number of hydrogen-bond donors (Lipinski definition) is 1. The third kappa shape index (κ3) is 1.27. The zero-order valence-electron chi connectivity index (χ0n) is 7.59. The molecule has 12 heavy (non-hydrogen) atoms. The first-order valence-electron chi connectivity index (χ1n) is 5.01. The molecule has 70 valence electrons. The lowest BCUT2D eigenvalue weighted by Crippen LogP contribution is -2.13. The fraction of sp³-hybridized carbons (Fsp3) is 1.00. The van der Waals surface area contributed by atoms with E-state index in [2.05, 4.69) is 0 Å². The van der Waals surface area contributed by atoms with Crippen molar-refractivity contribution >= 4 is 11.6 Å². The van der Waals surface area contributed by atoms with Crippen LogP contribution in [-0.4, -0.2) is 16.1 Å². The maximum atomic E-state index is 9.29. The van der Waals surface area contributed by atoms with Crippen LogP contribution in [0.15, 0.2) is 0 Å². The molecule has 2 saturated carbocycles. The summed E-state index contributed by atoms with van der Waals surface area (Å²) in [4.78, 5) is -0.00926. The Bertz CT molecular complexity index is 167. The Morgan fingerprint density at radius 2 is 1.92 bits per heavy atom. The van der Waals surface area contributed by atoms with E-state index in [9.17, 15) is 5.11 Å². The van der Waals surface area contributed by atoms with Gasteiger partial charge < -0.3 is 5.11 Å². The molecule has 0 aromatic carbocycles. The van der Waals surface area contributed by atoms with Crippen LogP contribution in [-0.2, 0) is 0 Å². The Labute approximate surface area is 79.1 Å². The molecule has 2 aliphatic carbocycles. The third-order valence-corrected chi connectivity index (χ3v) is 4.21. The van der Waals surface area contributed by atoms with E-state index in [1.54, 1.807) is 0 Å². The van der Waals surface area contributed by atoms with Crippen molar-refractivity contribution in [3.63, 3.8) is 0 Å². The van der Waals surface area contributed by atoms with Gasteiger partial charge in [-0.3, -0.25) is 0 Å². The van der Waals surface area contributed by atoms with Crippen LogP contribution in [0.4, 0.5) is 0 Å². The van der Waals surface area contributed by atoms with Crippen LogP contribution in [0.5, 0.6) is 0 Å². The Balaban J connectivity index is 1.96. The number of hydrogen-bond acceptors (Lipinski definition) is 1. The molecule has 2 aliphatic rings. The average molecular weight is 189 g/mol. The fourth-order valence-electron chi connectivity index (χ4n) is 2.93. The molecule has 0 aromatic heterocycles. The number of rotatable bonds is 2. The minimum Gasteiger partial charge on any atom is -0.393 e. The Morgan fingerprint density at radius 3 is 2.33 bits per heavy atom. The molecule has 3 unspecified atom stereocenters. The molecule has 1 N–H and O–H groups in total. The van der Waals surface area contributed by atoms with Gasteiger partial charge in [-0.2, -0.15) is 0 Å². The van der Waals surface area contributed by atoms with Crippen LogP contribution in [0.25, 0.3) is 0 Å². The van der Waals surface area contributed by atoms with Gasteiger partial charge in [0.15, 0.2) is 0 Å². The van der Waals surface area contributed by atoms with Gasteiger partial charge in [-0.15, -0.1) is 11.6 Å². The molecule has 1 nitrogen and oxygen atoms in total. The molecule has 2 fully saturated rings. The molecule has 0 radical (unpaired) electrons. The van der Waals surface area contributed by atoms with E-state index in [4.69, 9.17) is 11.6 Å². The van der Waals surface area contributed by atoms with E-state index in [0.717, 1.165) is 18.3 Å². The minimum absolute atomic E-state index is 0.00926. The van der Waals surface area contributed by atoms with E-state index < -0.39 is 0 Å². The van der Waals surface area contributed by atoms with Crippen molar-refractivity contribution in [3.8, 4) is 0 Å². The van der Waals surface area contributed by atoms with Crippen molar-refractivity contribution in [1.29, 1.82) is 0 Å². The molecule has 2 heteroatoms. The highest BCUT2D eigenvalue weighted by molar-refractivity contribution is 6.26. The summed E-state index contributed by atoms with van der Waals surface area (Å²) in [6.45, 7) is 1.84. The van der Waals surface area contributed by atoms with E-state index in [1.807, 2.05) is 6.92 Å². The molecule has 0 saturated heterocycles. The number of aliphatic hydroxyl groups is 1. The predicted molar refractivity (Wildman–Crippen MR) is 50.3 cm³/mol. The Morgan fingerprint density at radius 1 is 1.42 bits per heavy atom. The van der Waals surface area contributed by atoms with Crippen LogP contribution in [0.3, 0.4) is 0 Å². The second-order valence-electron chi connectivity index (χ2n) is 4.48. The maximum absolute atomic E-state index is 9.29. The van der Waals surface area contributed by atoms with Crippen LogP contribution < -0.4 is 0 Å². The summed E-state index contributed by atoms with van der Waals surface area (Å²) in [6, 6.07) is 0. The summed E-state index contributed by atoms with van der Waals surface area (Å²) in [5.74, 6) is 1.45. The zero-order valence-corrected chi connectivity index (χ0v) is 8.35. The first-order chi connectivity index (χ1) is 5.64. The van der Waals surface area contributed by atoms with Gasteiger partial charge in [0.1, 0.15) is 0 Å². The highest BCUT2D eigenvalue weighted by atomic mass is 35.5. The van der Waals surface area contributed by atoms with E-state index >= 15 is 0 Å². The third-order valence-electron chi connectivity index (χ3n) is 3.50. The summed E-state index contributed by atoms with van der Waals surface area (Å²) in [7, 11) is 0. The summed E-state index contributed by atoms with van der Waals surface area (Å²) in [6.07, 6.45) is 5.84. The SMILES string of the molecule is CC(O)CC1(Cl)C2CCCCC21. The highest BCUT2D eigenvalue weighted by Gasteiger charge is 2.63. The molecular formula is C10H17ClO. The number of fused-ring (bicyclic) bond motifs is 1. The molecule has 0 amide bonds. The van der Waals surface area contributed by atoms with Crippen LogP contribution >= 0.6 is 11.6 Å². The average Bonchev–Trinajstić information content (AvgIpc) is 2.57. The van der Waals surface area contributed by atoms with Gasteiger partial charge in [0, 0.05) is 0 Å². The van der Waals surface area contributed by atoms with Gasteiger partial charge in [-0.1, -0.05) is 12.8 Å². The first kappa shape index (κ1) is 8.83. The van der Waals surface area contributed by atoms with Gasteiger partial charge >= 0.3 is 0 Å². The van der Waals surface area contributed by atoms with Crippen molar-refractivity contribution < 1.29 is 5.11 Å². The lowest BCUT2D eigenvalue weighted by molar-refractivity contribution is 0.177. The number of halogens is 1. The van der Waals surface area contributed by atoms with Gasteiger partial charge in [-0.25, -0.2) is 0 Å². The Hall–Kier alpha value is 0.250. The van der Waals surface area contributed by atoms with Gasteiger partial charge in [-0.05, 0) is 38.0 Å². The van der Waals surface area contributed by atoms with E-state index in [0.29, 0.717) is 0 Å². The summed E-state index contributed by atoms with van der Waals surface area (Å²) < 4.78 is 0. The van der Waals surface area contributed by atoms with Crippen LogP contribution in [0.2, 0.25) is 0 Å². The second kappa shape index (κ2) is 2.88. The van der Waals surface area contributed by atoms with Crippen molar-refractivity contribution in [2.45, 2.75) is 50.0 Å². The maximum Gasteiger partial charge on any atom is 0.0533 e. The van der Waals surface area contributed by atoms with Crippen molar-refractivity contribution in [2.75, 3.05) is 0 Å². The van der Waals surface area contributed by atoms with Crippen LogP contribution in [0, 0.1) is 11.8 Å². The molecule has 0 spiro atoms. The summed E-state index contributed by atoms with van der Waals surface area (Å²) in [5.41, 5.74) is 0. The largest absolute Gasteiger partial charge is 0.393 e. The van der Waals surface area contributed by atoms with Crippen molar-refractivity contribution in [2.24, 2.45) is 11.8 Å². The van der Waals surface area contributed by atoms with Gasteiger partial charge in [0.2, 0.25) is 0 Å². The fourth-order valence-corrected chi connectivity index (χ4v) is 3.61. The molecule has 3 atom stereocenters. The molecule has 0 bridgehead atoms. The summed E-state index contributed by atoms with van der Waals surface area (Å²) in [5, 5.41) is 9.29. The van der Waals surface area contributed by atoms with E-state index in [1.165, 1.54) is 25.7 Å². The van der Waals surface area contributed by atoms with Crippen molar-refractivity contribution in [3.05, 3.63) is 0 Å². The minimum atomic E-state index is -0.229. The standard InChI is InChI=1S/C10H17ClO/c1-7(12)6-10(11)8-4-2-3-5-9(8)10/h7-9,12H,2-6H2,1H3. The highest BCUT2D eigenvalue weighted by Crippen LogP contribution is 2.64. The second-order valence-corrected chi connectivity index (χ2v) is 5.18. The van der Waals surface area contributed by atoms with Crippen molar-refractivity contribution in [1.82, 2.24) is 0 Å². The molecular weight excluding hydrogens is 172 g/mol. The van der Waals surface area contributed by atoms with Gasteiger partial charge in [0.05, 0.1) is 11.0 Å². The lowest BCUT2D eigenvalue weighted by Gasteiger charge is -2.10. The van der Waals surface area contributed by atoms with Crippen LogP contribution in [0.1, 0.15) is 39.0 Å². The molecule has 2 rings (SSSR count). The van der Waals surface area contributed by atoms with E-state index in [-0.39, 0.29) is 11.0 Å². The monoisotopic (exact) mass is 188 g/mol. The van der Waals surface area contributed by atoms with Gasteiger partial charge in [0.25, 0.3) is 0 Å².